The van der Waals surface area contributed by atoms with E-state index in [-0.39, 0.29) is 23.0 Å². The van der Waals surface area contributed by atoms with Crippen LogP contribution in [0.2, 0.25) is 0 Å². The third-order valence-corrected chi connectivity index (χ3v) is 3.91. The Morgan fingerprint density at radius 2 is 2.12 bits per heavy atom. The smallest absolute Gasteiger partial charge is 0.256 e. The average molecular weight is 337 g/mol. The number of carbonyl (C=O) groups is 1. The molecule has 0 saturated carbocycles. The predicted octanol–water partition coefficient (Wildman–Crippen LogP) is 2.51. The van der Waals surface area contributed by atoms with E-state index in [4.69, 9.17) is 4.42 Å². The molecule has 0 saturated heterocycles. The molecule has 3 heterocycles. The minimum Gasteiger partial charge on any atom is -0.443 e. The lowest BCUT2D eigenvalue weighted by atomic mass is 10.1. The van der Waals surface area contributed by atoms with Gasteiger partial charge in [-0.05, 0) is 31.0 Å². The molecular formula is C18H19N5O2. The number of aryl methyl sites for hydroxylation is 1. The Morgan fingerprint density at radius 1 is 1.36 bits per heavy atom. The van der Waals surface area contributed by atoms with Gasteiger partial charge in [0, 0.05) is 37.9 Å². The molecule has 1 amide bonds. The van der Waals surface area contributed by atoms with Crippen molar-refractivity contribution in [3.05, 3.63) is 59.9 Å². The van der Waals surface area contributed by atoms with Crippen LogP contribution in [-0.4, -0.2) is 26.8 Å². The number of aromatic nitrogens is 3. The quantitative estimate of drug-likeness (QED) is 0.748. The van der Waals surface area contributed by atoms with Gasteiger partial charge in [-0.2, -0.15) is 10.4 Å². The van der Waals surface area contributed by atoms with Crippen molar-refractivity contribution < 1.29 is 9.21 Å². The largest absolute Gasteiger partial charge is 0.443 e. The third kappa shape index (κ3) is 3.48. The number of amides is 1. The van der Waals surface area contributed by atoms with Crippen LogP contribution in [0.5, 0.6) is 0 Å². The minimum atomic E-state index is -0.302. The fraction of sp³-hybridized carbons (Fsp3) is 0.278. The van der Waals surface area contributed by atoms with Crippen LogP contribution in [-0.2, 0) is 6.54 Å². The predicted molar refractivity (Wildman–Crippen MR) is 91.2 cm³/mol. The number of carbonyl (C=O) groups excluding carboxylic acids is 1. The van der Waals surface area contributed by atoms with Crippen LogP contribution in [0.15, 0.2) is 47.4 Å². The lowest BCUT2D eigenvalue weighted by Gasteiger charge is -2.12. The summed E-state index contributed by atoms with van der Waals surface area (Å²) >= 11 is 0. The second-order valence-electron chi connectivity index (χ2n) is 5.96. The zero-order valence-electron chi connectivity index (χ0n) is 14.1. The third-order valence-electron chi connectivity index (χ3n) is 3.91. The maximum atomic E-state index is 12.6. The second-order valence-corrected chi connectivity index (χ2v) is 5.96. The number of nitrogens with zero attached hydrogens (tertiary/aromatic N) is 4. The van der Waals surface area contributed by atoms with E-state index >= 15 is 0 Å². The summed E-state index contributed by atoms with van der Waals surface area (Å²) < 4.78 is 9.17. The van der Waals surface area contributed by atoms with Crippen molar-refractivity contribution >= 4 is 5.91 Å². The molecule has 0 fully saturated rings. The summed E-state index contributed by atoms with van der Waals surface area (Å²) in [6.07, 6.45) is 7.15. The Labute approximate surface area is 145 Å². The Hall–Kier alpha value is -3.27. The molecule has 0 radical (unpaired) electrons. The molecule has 0 aliphatic heterocycles. The van der Waals surface area contributed by atoms with E-state index in [9.17, 15) is 10.1 Å². The molecule has 3 aromatic rings. The van der Waals surface area contributed by atoms with Crippen LogP contribution in [0.3, 0.4) is 0 Å². The molecule has 0 bridgehead atoms. The van der Waals surface area contributed by atoms with Crippen molar-refractivity contribution in [2.45, 2.75) is 20.4 Å². The summed E-state index contributed by atoms with van der Waals surface area (Å²) in [7, 11) is 0. The van der Waals surface area contributed by atoms with Gasteiger partial charge in [0.1, 0.15) is 23.0 Å². The molecule has 1 atom stereocenters. The molecule has 7 heteroatoms. The monoisotopic (exact) mass is 337 g/mol. The summed E-state index contributed by atoms with van der Waals surface area (Å²) in [5.74, 6) is 0.686. The molecule has 0 aliphatic carbocycles. The second kappa shape index (κ2) is 7.09. The van der Waals surface area contributed by atoms with Gasteiger partial charge in [0.05, 0.1) is 0 Å². The molecule has 3 rings (SSSR count). The number of hydrogen-bond donors (Lipinski definition) is 1. The van der Waals surface area contributed by atoms with Gasteiger partial charge in [-0.15, -0.1) is 0 Å². The van der Waals surface area contributed by atoms with Gasteiger partial charge >= 0.3 is 0 Å². The number of hydrogen-bond acceptors (Lipinski definition) is 4. The van der Waals surface area contributed by atoms with E-state index in [1.54, 1.807) is 30.1 Å². The van der Waals surface area contributed by atoms with Gasteiger partial charge in [0.25, 0.3) is 5.91 Å². The topological polar surface area (TPSA) is 88.8 Å². The van der Waals surface area contributed by atoms with Crippen LogP contribution < -0.4 is 5.32 Å². The SMILES string of the molecule is Cc1oc(-n2cccc2)c(C#N)c1C(=O)NC[C@H](C)Cn1cccn1. The van der Waals surface area contributed by atoms with E-state index in [2.05, 4.69) is 16.5 Å². The fourth-order valence-electron chi connectivity index (χ4n) is 2.71. The van der Waals surface area contributed by atoms with Crippen LogP contribution in [0.25, 0.3) is 5.88 Å². The zero-order valence-corrected chi connectivity index (χ0v) is 14.1. The van der Waals surface area contributed by atoms with E-state index in [1.807, 2.05) is 36.0 Å². The first-order valence-electron chi connectivity index (χ1n) is 8.02. The first kappa shape index (κ1) is 16.6. The van der Waals surface area contributed by atoms with Gasteiger partial charge in [-0.3, -0.25) is 14.0 Å². The summed E-state index contributed by atoms with van der Waals surface area (Å²) in [6, 6.07) is 7.61. The number of rotatable bonds is 6. The Morgan fingerprint density at radius 3 is 2.76 bits per heavy atom. The molecule has 0 unspecified atom stereocenters. The van der Waals surface area contributed by atoms with E-state index in [0.717, 1.165) is 0 Å². The first-order valence-corrected chi connectivity index (χ1v) is 8.02. The zero-order chi connectivity index (χ0) is 17.8. The number of nitrogens with one attached hydrogen (secondary N) is 1. The standard InChI is InChI=1S/C18H19N5O2/c1-13(12-23-9-5-6-21-23)11-20-17(24)16-14(2)25-18(15(16)10-19)22-7-3-4-8-22/h3-9,13H,11-12H2,1-2H3,(H,20,24)/t13-/m0/s1. The lowest BCUT2D eigenvalue weighted by Crippen LogP contribution is -2.30. The van der Waals surface area contributed by atoms with Crippen molar-refractivity contribution in [3.8, 4) is 12.0 Å². The fourth-order valence-corrected chi connectivity index (χ4v) is 2.71. The minimum absolute atomic E-state index is 0.200. The Bertz CT molecular complexity index is 885. The normalized spacial score (nSPS) is 11.9. The van der Waals surface area contributed by atoms with Crippen molar-refractivity contribution in [1.82, 2.24) is 19.7 Å². The summed E-state index contributed by atoms with van der Waals surface area (Å²) in [5.41, 5.74) is 0.531. The van der Waals surface area contributed by atoms with Crippen LogP contribution in [0.4, 0.5) is 0 Å². The number of furan rings is 1. The highest BCUT2D eigenvalue weighted by Crippen LogP contribution is 2.25. The van der Waals surface area contributed by atoms with Gasteiger partial charge in [-0.25, -0.2) is 0 Å². The maximum Gasteiger partial charge on any atom is 0.256 e. The lowest BCUT2D eigenvalue weighted by molar-refractivity contribution is 0.0945. The van der Waals surface area contributed by atoms with Crippen molar-refractivity contribution in [3.63, 3.8) is 0 Å². The molecule has 128 valence electrons. The Kier molecular flexibility index (Phi) is 4.70. The summed E-state index contributed by atoms with van der Waals surface area (Å²) in [5, 5.41) is 16.5. The van der Waals surface area contributed by atoms with Crippen molar-refractivity contribution in [2.24, 2.45) is 5.92 Å². The summed E-state index contributed by atoms with van der Waals surface area (Å²) in [6.45, 7) is 4.90. The van der Waals surface area contributed by atoms with Gasteiger partial charge in [-0.1, -0.05) is 6.92 Å². The molecule has 0 aliphatic rings. The molecule has 7 nitrogen and oxygen atoms in total. The molecule has 3 aromatic heterocycles. The maximum absolute atomic E-state index is 12.6. The van der Waals surface area contributed by atoms with E-state index < -0.39 is 0 Å². The van der Waals surface area contributed by atoms with Crippen LogP contribution in [0, 0.1) is 24.2 Å². The average Bonchev–Trinajstić information content (AvgIpc) is 3.32. The van der Waals surface area contributed by atoms with Crippen LogP contribution >= 0.6 is 0 Å². The molecular weight excluding hydrogens is 318 g/mol. The highest BCUT2D eigenvalue weighted by atomic mass is 16.4. The molecule has 0 spiro atoms. The first-order chi connectivity index (χ1) is 12.1. The highest BCUT2D eigenvalue weighted by Gasteiger charge is 2.24. The molecule has 1 N–H and O–H groups in total. The van der Waals surface area contributed by atoms with Gasteiger partial charge < -0.3 is 9.73 Å². The van der Waals surface area contributed by atoms with Crippen LogP contribution in [0.1, 0.15) is 28.6 Å². The van der Waals surface area contributed by atoms with Crippen molar-refractivity contribution in [2.75, 3.05) is 6.54 Å². The molecule has 25 heavy (non-hydrogen) atoms. The van der Waals surface area contributed by atoms with Crippen molar-refractivity contribution in [1.29, 1.82) is 5.26 Å². The highest BCUT2D eigenvalue weighted by molar-refractivity contribution is 5.98. The van der Waals surface area contributed by atoms with Gasteiger partial charge in [0.2, 0.25) is 5.88 Å². The molecule has 0 aromatic carbocycles. The van der Waals surface area contributed by atoms with E-state index in [1.165, 1.54) is 0 Å². The number of nitriles is 1. The van der Waals surface area contributed by atoms with Gasteiger partial charge in [0.15, 0.2) is 0 Å². The van der Waals surface area contributed by atoms with E-state index in [0.29, 0.717) is 24.7 Å². The summed E-state index contributed by atoms with van der Waals surface area (Å²) in [4.78, 5) is 12.6. The Balaban J connectivity index is 1.73.